The van der Waals surface area contributed by atoms with Crippen molar-refractivity contribution in [1.29, 1.82) is 0 Å². The summed E-state index contributed by atoms with van der Waals surface area (Å²) in [6, 6.07) is 0. The van der Waals surface area contributed by atoms with Gasteiger partial charge in [-0.3, -0.25) is 4.57 Å². The molecule has 0 aliphatic heterocycles. The van der Waals surface area contributed by atoms with Crippen LogP contribution in [0.3, 0.4) is 0 Å². The topological polar surface area (TPSA) is 69.6 Å². The van der Waals surface area contributed by atoms with Gasteiger partial charge in [0.2, 0.25) is 0 Å². The minimum absolute atomic E-state index is 0.536. The van der Waals surface area contributed by atoms with E-state index in [0.717, 1.165) is 0 Å². The normalized spacial score (nSPS) is 20.8. The van der Waals surface area contributed by atoms with E-state index in [0.29, 0.717) is 0 Å². The third-order valence-electron chi connectivity index (χ3n) is 1.16. The van der Waals surface area contributed by atoms with Gasteiger partial charge in [0.05, 0.1) is 0 Å². The Kier molecular flexibility index (Phi) is 3.90. The Morgan fingerprint density at radius 2 is 1.91 bits per heavy atom. The average Bonchev–Trinajstić information content (AvgIpc) is 1.56. The third-order valence-corrected chi connectivity index (χ3v) is 7.42. The third kappa shape index (κ3) is 3.79. The highest BCUT2D eigenvalue weighted by Crippen LogP contribution is 2.53. The van der Waals surface area contributed by atoms with Crippen molar-refractivity contribution in [3.05, 3.63) is 0 Å². The van der Waals surface area contributed by atoms with Gasteiger partial charge in [0, 0.05) is 5.16 Å². The predicted octanol–water partition coefficient (Wildman–Crippen LogP) is 1.06. The average molecular weight is 217 g/mol. The monoisotopic (exact) mass is 217 g/mol. The van der Waals surface area contributed by atoms with E-state index in [1.54, 1.807) is 20.8 Å². The van der Waals surface area contributed by atoms with Gasteiger partial charge in [-0.25, -0.2) is 0 Å². The maximum Gasteiger partial charge on any atom is 0.261 e. The minimum Gasteiger partial charge on any atom is -0.353 e. The highest BCUT2D eigenvalue weighted by atomic mass is 32.4. The van der Waals surface area contributed by atoms with Gasteiger partial charge in [-0.1, -0.05) is 20.8 Å². The lowest BCUT2D eigenvalue weighted by Crippen LogP contribution is -2.21. The Balaban J connectivity index is 4.49. The number of hydrogen-bond acceptors (Lipinski definition) is 2. The highest BCUT2D eigenvalue weighted by Gasteiger charge is 2.30. The molecule has 3 N–H and O–H groups in total. The first-order valence-corrected chi connectivity index (χ1v) is 7.12. The standard InChI is InChI=1S/C4H13NO3P2S/c1-4(2,3)10(8,11)5-9(6)7/h9H,1-3H3,(H3,5,6,7,8,11). The zero-order valence-electron chi connectivity index (χ0n) is 6.66. The van der Waals surface area contributed by atoms with Crippen molar-refractivity contribution in [3.8, 4) is 0 Å². The van der Waals surface area contributed by atoms with Crippen LogP contribution in [0.5, 0.6) is 0 Å². The zero-order chi connectivity index (χ0) is 9.28. The molecule has 0 amide bonds. The van der Waals surface area contributed by atoms with Gasteiger partial charge in [-0.2, -0.15) is 4.86 Å². The summed E-state index contributed by atoms with van der Waals surface area (Å²) < 4.78 is 10.3. The number of nitrogens with one attached hydrogen (secondary N) is 1. The Hall–Kier alpha value is 0.760. The molecule has 0 bridgehead atoms. The minimum atomic E-state index is -2.88. The summed E-state index contributed by atoms with van der Waals surface area (Å²) in [6.45, 7) is 5.18. The molecule has 0 aliphatic rings. The maximum absolute atomic E-state index is 10.3. The van der Waals surface area contributed by atoms with Crippen molar-refractivity contribution in [3.63, 3.8) is 0 Å². The summed E-state index contributed by atoms with van der Waals surface area (Å²) in [5, 5.41) is -0.536. The fourth-order valence-electron chi connectivity index (χ4n) is 0.297. The molecule has 0 saturated heterocycles. The zero-order valence-corrected chi connectivity index (χ0v) is 9.37. The van der Waals surface area contributed by atoms with Crippen molar-refractivity contribution in [2.24, 2.45) is 0 Å². The summed E-state index contributed by atoms with van der Waals surface area (Å²) in [5.41, 5.74) is 0. The van der Waals surface area contributed by atoms with E-state index >= 15 is 0 Å². The molecule has 2 atom stereocenters. The fourth-order valence-corrected chi connectivity index (χ4v) is 3.38. The molecule has 11 heavy (non-hydrogen) atoms. The van der Waals surface area contributed by atoms with Crippen LogP contribution in [0.25, 0.3) is 0 Å². The number of rotatable bonds is 2. The lowest BCUT2D eigenvalue weighted by molar-refractivity contribution is 0.493. The van der Waals surface area contributed by atoms with Gasteiger partial charge in [0.25, 0.3) is 8.18 Å². The first-order valence-electron chi connectivity index (χ1n) is 3.01. The Morgan fingerprint density at radius 1 is 1.55 bits per heavy atom. The predicted molar refractivity (Wildman–Crippen MR) is 50.6 cm³/mol. The van der Waals surface area contributed by atoms with Crippen LogP contribution in [-0.4, -0.2) is 14.9 Å². The van der Waals surface area contributed by atoms with Crippen molar-refractivity contribution in [1.82, 2.24) is 4.86 Å². The molecule has 0 rings (SSSR count). The summed E-state index contributed by atoms with van der Waals surface area (Å²) in [4.78, 5) is 20.1. The quantitative estimate of drug-likeness (QED) is 0.603. The van der Waals surface area contributed by atoms with Crippen LogP contribution in [0.2, 0.25) is 0 Å². The molecular formula is C4H13NO3P2S. The van der Waals surface area contributed by atoms with E-state index in [1.165, 1.54) is 0 Å². The van der Waals surface area contributed by atoms with Crippen molar-refractivity contribution >= 4 is 26.4 Å². The van der Waals surface area contributed by atoms with Crippen LogP contribution in [0.15, 0.2) is 0 Å². The van der Waals surface area contributed by atoms with Gasteiger partial charge >= 0.3 is 0 Å². The van der Waals surface area contributed by atoms with Crippen LogP contribution >= 0.6 is 14.6 Å². The summed E-state index contributed by atoms with van der Waals surface area (Å²) in [5.74, 6) is 0. The lowest BCUT2D eigenvalue weighted by Gasteiger charge is -2.28. The highest BCUT2D eigenvalue weighted by molar-refractivity contribution is 8.13. The fraction of sp³-hybridized carbons (Fsp3) is 1.00. The van der Waals surface area contributed by atoms with Gasteiger partial charge in [-0.05, 0) is 11.8 Å². The van der Waals surface area contributed by atoms with Gasteiger partial charge < -0.3 is 9.79 Å². The summed E-state index contributed by atoms with van der Waals surface area (Å²) in [7, 11) is -2.88. The van der Waals surface area contributed by atoms with Crippen molar-refractivity contribution < 1.29 is 14.4 Å². The molecule has 0 aliphatic carbocycles. The molecule has 0 aromatic heterocycles. The van der Waals surface area contributed by atoms with E-state index in [1.807, 2.05) is 0 Å². The largest absolute Gasteiger partial charge is 0.353 e. The van der Waals surface area contributed by atoms with Crippen LogP contribution in [0, 0.1) is 0 Å². The summed E-state index contributed by atoms with van der Waals surface area (Å²) >= 11 is 4.78. The number of hydrogen-bond donors (Lipinski definition) is 3. The molecule has 2 unspecified atom stereocenters. The Labute approximate surface area is 72.1 Å². The molecule has 7 heteroatoms. The molecule has 0 saturated carbocycles. The van der Waals surface area contributed by atoms with Crippen molar-refractivity contribution in [2.75, 3.05) is 0 Å². The molecule has 0 aromatic rings. The first kappa shape index (κ1) is 11.8. The molecule has 4 nitrogen and oxygen atoms in total. The van der Waals surface area contributed by atoms with E-state index < -0.39 is 19.8 Å². The molecule has 0 spiro atoms. The Bertz CT molecular complexity index is 212. The maximum atomic E-state index is 10.3. The van der Waals surface area contributed by atoms with E-state index in [-0.39, 0.29) is 0 Å². The second-order valence-corrected chi connectivity index (χ2v) is 8.75. The molecular weight excluding hydrogens is 204 g/mol. The van der Waals surface area contributed by atoms with Crippen LogP contribution in [0.4, 0.5) is 0 Å². The van der Waals surface area contributed by atoms with E-state index in [4.69, 9.17) is 16.7 Å². The molecule has 0 fully saturated rings. The van der Waals surface area contributed by atoms with Crippen molar-refractivity contribution in [2.45, 2.75) is 25.9 Å². The van der Waals surface area contributed by atoms with E-state index in [2.05, 4.69) is 4.86 Å². The summed E-state index contributed by atoms with van der Waals surface area (Å²) in [6.07, 6.45) is -2.87. The second kappa shape index (κ2) is 3.65. The molecule has 0 aromatic carbocycles. The van der Waals surface area contributed by atoms with Gasteiger partial charge in [0.15, 0.2) is 0 Å². The van der Waals surface area contributed by atoms with Gasteiger partial charge in [-0.15, -0.1) is 0 Å². The molecule has 0 heterocycles. The SMILES string of the molecule is CC(C)(C)P(O)(=S)N[PH](=O)O. The Morgan fingerprint density at radius 3 is 2.00 bits per heavy atom. The van der Waals surface area contributed by atoms with Crippen LogP contribution < -0.4 is 4.86 Å². The molecule has 0 radical (unpaired) electrons. The second-order valence-electron chi connectivity index (χ2n) is 3.16. The van der Waals surface area contributed by atoms with Crippen LogP contribution in [0.1, 0.15) is 20.8 Å². The lowest BCUT2D eigenvalue weighted by atomic mass is 10.3. The van der Waals surface area contributed by atoms with Gasteiger partial charge in [0.1, 0.15) is 6.42 Å². The van der Waals surface area contributed by atoms with Crippen LogP contribution in [-0.2, 0) is 16.4 Å². The smallest absolute Gasteiger partial charge is 0.261 e. The van der Waals surface area contributed by atoms with E-state index in [9.17, 15) is 9.46 Å². The first-order chi connectivity index (χ1) is 4.67. The molecule has 68 valence electrons.